The van der Waals surface area contributed by atoms with Crippen molar-refractivity contribution in [3.8, 4) is 0 Å². The number of ether oxygens (including phenoxy) is 1. The van der Waals surface area contributed by atoms with Gasteiger partial charge in [-0.1, -0.05) is 6.92 Å². The highest BCUT2D eigenvalue weighted by atomic mass is 16.5. The molecule has 0 saturated carbocycles. The summed E-state index contributed by atoms with van der Waals surface area (Å²) in [7, 11) is 0. The fraction of sp³-hybridized carbons (Fsp3) is 0.786. The molecule has 0 aliphatic carbocycles. The summed E-state index contributed by atoms with van der Waals surface area (Å²) < 4.78 is 4.75. The molecule has 1 saturated heterocycles. The van der Waals surface area contributed by atoms with Crippen LogP contribution in [-0.2, 0) is 19.1 Å². The lowest BCUT2D eigenvalue weighted by atomic mass is 9.84. The first kappa shape index (κ1) is 17.4. The van der Waals surface area contributed by atoms with E-state index in [2.05, 4.69) is 0 Å². The number of rotatable bonds is 6. The number of carbonyl (C=O) groups excluding carboxylic acids is 2. The molecule has 7 nitrogen and oxygen atoms in total. The lowest BCUT2D eigenvalue weighted by molar-refractivity contribution is -0.151. The maximum absolute atomic E-state index is 12.2. The number of hydrogen-bond donors (Lipinski definition) is 2. The Labute approximate surface area is 124 Å². The third-order valence-corrected chi connectivity index (χ3v) is 3.88. The van der Waals surface area contributed by atoms with Gasteiger partial charge in [0, 0.05) is 19.5 Å². The average Bonchev–Trinajstić information content (AvgIpc) is 2.45. The molecule has 0 aromatic carbocycles. The quantitative estimate of drug-likeness (QED) is 0.536. The van der Waals surface area contributed by atoms with Gasteiger partial charge in [-0.3, -0.25) is 9.59 Å². The molecule has 0 spiro atoms. The normalized spacial score (nSPS) is 21.5. The molecule has 3 N–H and O–H groups in total. The smallest absolute Gasteiger partial charge is 0.332 e. The minimum absolute atomic E-state index is 0.0167. The van der Waals surface area contributed by atoms with Crippen LogP contribution in [0, 0.1) is 11.8 Å². The molecule has 0 radical (unpaired) electrons. The third-order valence-electron chi connectivity index (χ3n) is 3.88. The van der Waals surface area contributed by atoms with E-state index in [1.807, 2.05) is 6.92 Å². The molecule has 1 rings (SSSR count). The number of carboxylic acid groups (broad SMARTS) is 1. The summed E-state index contributed by atoms with van der Waals surface area (Å²) in [6.45, 7) is 4.69. The number of esters is 1. The Morgan fingerprint density at radius 2 is 2.10 bits per heavy atom. The third kappa shape index (κ3) is 5.00. The Kier molecular flexibility index (Phi) is 6.61. The van der Waals surface area contributed by atoms with Crippen LogP contribution in [0.15, 0.2) is 0 Å². The Hall–Kier alpha value is -1.63. The van der Waals surface area contributed by atoms with Crippen LogP contribution in [0.3, 0.4) is 0 Å². The molecule has 7 heteroatoms. The number of piperidine rings is 1. The molecule has 1 heterocycles. The Morgan fingerprint density at radius 3 is 2.67 bits per heavy atom. The van der Waals surface area contributed by atoms with Crippen LogP contribution in [0.2, 0.25) is 0 Å². The van der Waals surface area contributed by atoms with E-state index in [4.69, 9.17) is 15.6 Å². The zero-order chi connectivity index (χ0) is 16.0. The minimum atomic E-state index is -1.29. The Balaban J connectivity index is 2.61. The van der Waals surface area contributed by atoms with Gasteiger partial charge in [0.05, 0.1) is 6.61 Å². The number of aliphatic carboxylic acids is 1. The van der Waals surface area contributed by atoms with Gasteiger partial charge in [-0.05, 0) is 31.6 Å². The number of amides is 1. The van der Waals surface area contributed by atoms with E-state index in [0.29, 0.717) is 13.1 Å². The number of carbonyl (C=O) groups is 3. The molecule has 0 aromatic rings. The molecule has 0 bridgehead atoms. The summed E-state index contributed by atoms with van der Waals surface area (Å²) in [5, 5.41) is 8.85. The molecular weight excluding hydrogens is 276 g/mol. The van der Waals surface area contributed by atoms with Crippen molar-refractivity contribution in [1.29, 1.82) is 0 Å². The van der Waals surface area contributed by atoms with Crippen molar-refractivity contribution in [3.63, 3.8) is 0 Å². The molecule has 1 amide bonds. The van der Waals surface area contributed by atoms with Crippen molar-refractivity contribution >= 4 is 17.8 Å². The second-order valence-corrected chi connectivity index (χ2v) is 5.49. The zero-order valence-corrected chi connectivity index (χ0v) is 12.6. The van der Waals surface area contributed by atoms with Crippen molar-refractivity contribution < 1.29 is 24.2 Å². The summed E-state index contributed by atoms with van der Waals surface area (Å²) in [4.78, 5) is 36.0. The average molecular weight is 300 g/mol. The van der Waals surface area contributed by atoms with Gasteiger partial charge in [-0.2, -0.15) is 0 Å². The first-order valence-electron chi connectivity index (χ1n) is 7.29. The van der Waals surface area contributed by atoms with Crippen molar-refractivity contribution in [2.45, 2.75) is 39.2 Å². The van der Waals surface area contributed by atoms with Crippen LogP contribution in [0.5, 0.6) is 0 Å². The molecular formula is C14H24N2O5. The number of hydrogen-bond acceptors (Lipinski definition) is 5. The summed E-state index contributed by atoms with van der Waals surface area (Å²) >= 11 is 0. The minimum Gasteiger partial charge on any atom is -0.481 e. The summed E-state index contributed by atoms with van der Waals surface area (Å²) in [6, 6.07) is -1.29. The van der Waals surface area contributed by atoms with Crippen LogP contribution < -0.4 is 5.73 Å². The molecule has 1 aliphatic heterocycles. The first-order chi connectivity index (χ1) is 9.86. The van der Waals surface area contributed by atoms with E-state index in [1.165, 1.54) is 0 Å². The summed E-state index contributed by atoms with van der Waals surface area (Å²) in [6.07, 6.45) is 1.75. The second kappa shape index (κ2) is 7.97. The largest absolute Gasteiger partial charge is 0.481 e. The lowest BCUT2D eigenvalue weighted by Crippen LogP contribution is -2.52. The molecule has 3 atom stereocenters. The maximum Gasteiger partial charge on any atom is 0.332 e. The van der Waals surface area contributed by atoms with Crippen molar-refractivity contribution in [3.05, 3.63) is 0 Å². The fourth-order valence-corrected chi connectivity index (χ4v) is 2.65. The Bertz CT molecular complexity index is 399. The highest BCUT2D eigenvalue weighted by Gasteiger charge is 2.33. The predicted octanol–water partition coefficient (Wildman–Crippen LogP) is 0.226. The maximum atomic E-state index is 12.2. The SMILES string of the molecule is CCOC(=O)C(N)C(=O)N1CCCC(C(C)CC(=O)O)C1. The highest BCUT2D eigenvalue weighted by molar-refractivity contribution is 6.01. The molecule has 1 aliphatic rings. The number of likely N-dealkylation sites (tertiary alicyclic amines) is 1. The molecule has 120 valence electrons. The van der Waals surface area contributed by atoms with Crippen LogP contribution in [0.25, 0.3) is 0 Å². The van der Waals surface area contributed by atoms with Crippen LogP contribution in [0.4, 0.5) is 0 Å². The lowest BCUT2D eigenvalue weighted by Gasteiger charge is -2.36. The van der Waals surface area contributed by atoms with E-state index in [9.17, 15) is 14.4 Å². The van der Waals surface area contributed by atoms with E-state index in [1.54, 1.807) is 11.8 Å². The summed E-state index contributed by atoms with van der Waals surface area (Å²) in [5.41, 5.74) is 5.62. The fourth-order valence-electron chi connectivity index (χ4n) is 2.65. The van der Waals surface area contributed by atoms with Gasteiger partial charge in [-0.25, -0.2) is 4.79 Å². The van der Waals surface area contributed by atoms with E-state index < -0.39 is 23.9 Å². The molecule has 1 fully saturated rings. The highest BCUT2D eigenvalue weighted by Crippen LogP contribution is 2.26. The number of nitrogens with zero attached hydrogens (tertiary/aromatic N) is 1. The van der Waals surface area contributed by atoms with Gasteiger partial charge >= 0.3 is 11.9 Å². The topological polar surface area (TPSA) is 110 Å². The van der Waals surface area contributed by atoms with Crippen molar-refractivity contribution in [1.82, 2.24) is 4.90 Å². The van der Waals surface area contributed by atoms with E-state index >= 15 is 0 Å². The van der Waals surface area contributed by atoms with Gasteiger partial charge in [0.25, 0.3) is 5.91 Å². The Morgan fingerprint density at radius 1 is 1.43 bits per heavy atom. The van der Waals surface area contributed by atoms with E-state index in [0.717, 1.165) is 12.8 Å². The van der Waals surface area contributed by atoms with Gasteiger partial charge < -0.3 is 20.5 Å². The number of nitrogens with two attached hydrogens (primary N) is 1. The monoisotopic (exact) mass is 300 g/mol. The van der Waals surface area contributed by atoms with Gasteiger partial charge in [-0.15, -0.1) is 0 Å². The summed E-state index contributed by atoms with van der Waals surface area (Å²) in [5.74, 6) is -1.90. The van der Waals surface area contributed by atoms with Crippen LogP contribution in [0.1, 0.15) is 33.1 Å². The molecule has 21 heavy (non-hydrogen) atoms. The van der Waals surface area contributed by atoms with Crippen molar-refractivity contribution in [2.75, 3.05) is 19.7 Å². The molecule has 0 aromatic heterocycles. The van der Waals surface area contributed by atoms with E-state index in [-0.39, 0.29) is 24.9 Å². The van der Waals surface area contributed by atoms with Gasteiger partial charge in [0.1, 0.15) is 0 Å². The van der Waals surface area contributed by atoms with Crippen LogP contribution >= 0.6 is 0 Å². The number of carboxylic acids is 1. The van der Waals surface area contributed by atoms with Gasteiger partial charge in [0.15, 0.2) is 6.04 Å². The predicted molar refractivity (Wildman–Crippen MR) is 75.3 cm³/mol. The van der Waals surface area contributed by atoms with Gasteiger partial charge in [0.2, 0.25) is 0 Å². The molecule has 3 unspecified atom stereocenters. The standard InChI is InChI=1S/C14H24N2O5/c1-3-21-14(20)12(15)13(19)16-6-4-5-10(8-16)9(2)7-11(17)18/h9-10,12H,3-8,15H2,1-2H3,(H,17,18). The van der Waals surface area contributed by atoms with Crippen LogP contribution in [-0.4, -0.2) is 53.6 Å². The zero-order valence-electron chi connectivity index (χ0n) is 12.6. The van der Waals surface area contributed by atoms with Crippen molar-refractivity contribution in [2.24, 2.45) is 17.6 Å². The first-order valence-corrected chi connectivity index (χ1v) is 7.29. The second-order valence-electron chi connectivity index (χ2n) is 5.49.